The lowest BCUT2D eigenvalue weighted by molar-refractivity contribution is -0.122. The normalized spacial score (nSPS) is 11.4. The van der Waals surface area contributed by atoms with E-state index < -0.39 is 6.10 Å². The van der Waals surface area contributed by atoms with E-state index in [1.54, 1.807) is 79.7 Å². The van der Waals surface area contributed by atoms with E-state index in [1.165, 1.54) is 0 Å². The van der Waals surface area contributed by atoms with E-state index in [4.69, 9.17) is 27.9 Å². The predicted molar refractivity (Wildman–Crippen MR) is 116 cm³/mol. The largest absolute Gasteiger partial charge is 0.481 e. The van der Waals surface area contributed by atoms with Crippen LogP contribution in [0.2, 0.25) is 10.0 Å². The molecule has 0 fully saturated rings. The molecule has 3 aromatic carbocycles. The fraction of sp³-hybridized carbons (Fsp3) is 0.0909. The SMILES string of the molecule is C[C@H](Oc1ccc(C(=O)Nc2ccc(Cl)cc2)cc1)C(=O)Nc1ccc(Cl)cc1. The monoisotopic (exact) mass is 428 g/mol. The molecule has 0 unspecified atom stereocenters. The Balaban J connectivity index is 1.56. The Kier molecular flexibility index (Phi) is 6.75. The van der Waals surface area contributed by atoms with Crippen molar-refractivity contribution in [3.8, 4) is 5.75 Å². The maximum atomic E-state index is 12.3. The third-order valence-corrected chi connectivity index (χ3v) is 4.52. The van der Waals surface area contributed by atoms with E-state index in [0.29, 0.717) is 32.7 Å². The molecule has 0 saturated carbocycles. The fourth-order valence-electron chi connectivity index (χ4n) is 2.46. The average Bonchev–Trinajstić information content (AvgIpc) is 2.72. The van der Waals surface area contributed by atoms with Crippen molar-refractivity contribution in [3.63, 3.8) is 0 Å². The van der Waals surface area contributed by atoms with Crippen LogP contribution in [0.1, 0.15) is 17.3 Å². The van der Waals surface area contributed by atoms with Crippen LogP contribution in [0.5, 0.6) is 5.75 Å². The van der Waals surface area contributed by atoms with Crippen molar-refractivity contribution in [3.05, 3.63) is 88.4 Å². The highest BCUT2D eigenvalue weighted by Crippen LogP contribution is 2.18. The Morgan fingerprint density at radius 2 is 1.24 bits per heavy atom. The fourth-order valence-corrected chi connectivity index (χ4v) is 2.71. The van der Waals surface area contributed by atoms with Gasteiger partial charge in [-0.3, -0.25) is 9.59 Å². The minimum Gasteiger partial charge on any atom is -0.481 e. The zero-order valence-electron chi connectivity index (χ0n) is 15.5. The van der Waals surface area contributed by atoms with Gasteiger partial charge in [-0.25, -0.2) is 0 Å². The van der Waals surface area contributed by atoms with Gasteiger partial charge >= 0.3 is 0 Å². The molecule has 0 heterocycles. The van der Waals surface area contributed by atoms with Crippen molar-refractivity contribution in [2.75, 3.05) is 10.6 Å². The highest BCUT2D eigenvalue weighted by molar-refractivity contribution is 6.31. The average molecular weight is 429 g/mol. The number of carbonyl (C=O) groups excluding carboxylic acids is 2. The molecule has 0 spiro atoms. The van der Waals surface area contributed by atoms with E-state index in [2.05, 4.69) is 10.6 Å². The number of nitrogens with one attached hydrogen (secondary N) is 2. The Hall–Kier alpha value is -3.02. The van der Waals surface area contributed by atoms with Crippen molar-refractivity contribution < 1.29 is 14.3 Å². The van der Waals surface area contributed by atoms with Gasteiger partial charge in [-0.05, 0) is 79.7 Å². The van der Waals surface area contributed by atoms with E-state index >= 15 is 0 Å². The molecule has 7 heteroatoms. The quantitative estimate of drug-likeness (QED) is 0.532. The van der Waals surface area contributed by atoms with Gasteiger partial charge in [-0.1, -0.05) is 23.2 Å². The van der Waals surface area contributed by atoms with Crippen LogP contribution in [-0.4, -0.2) is 17.9 Å². The zero-order valence-corrected chi connectivity index (χ0v) is 17.0. The summed E-state index contributed by atoms with van der Waals surface area (Å²) in [5.41, 5.74) is 1.74. The highest BCUT2D eigenvalue weighted by Gasteiger charge is 2.15. The van der Waals surface area contributed by atoms with Crippen LogP contribution in [0.15, 0.2) is 72.8 Å². The number of carbonyl (C=O) groups is 2. The van der Waals surface area contributed by atoms with Crippen molar-refractivity contribution in [1.29, 1.82) is 0 Å². The van der Waals surface area contributed by atoms with Gasteiger partial charge in [-0.2, -0.15) is 0 Å². The number of benzene rings is 3. The zero-order chi connectivity index (χ0) is 20.8. The molecule has 5 nitrogen and oxygen atoms in total. The number of hydrogen-bond acceptors (Lipinski definition) is 3. The summed E-state index contributed by atoms with van der Waals surface area (Å²) in [4.78, 5) is 24.6. The van der Waals surface area contributed by atoms with Gasteiger partial charge in [-0.15, -0.1) is 0 Å². The lowest BCUT2D eigenvalue weighted by atomic mass is 10.2. The number of anilines is 2. The van der Waals surface area contributed by atoms with Crippen LogP contribution in [0, 0.1) is 0 Å². The molecule has 0 aliphatic carbocycles. The lowest BCUT2D eigenvalue weighted by Gasteiger charge is -2.15. The second kappa shape index (κ2) is 9.45. The molecule has 3 rings (SSSR count). The van der Waals surface area contributed by atoms with Crippen LogP contribution in [0.4, 0.5) is 11.4 Å². The molecule has 2 amide bonds. The summed E-state index contributed by atoms with van der Waals surface area (Å²) in [6.07, 6.45) is -0.723. The van der Waals surface area contributed by atoms with Gasteiger partial charge in [0.25, 0.3) is 11.8 Å². The van der Waals surface area contributed by atoms with Gasteiger partial charge in [0.15, 0.2) is 6.10 Å². The van der Waals surface area contributed by atoms with Gasteiger partial charge < -0.3 is 15.4 Å². The summed E-state index contributed by atoms with van der Waals surface area (Å²) in [5, 5.41) is 6.72. The maximum Gasteiger partial charge on any atom is 0.265 e. The summed E-state index contributed by atoms with van der Waals surface area (Å²) in [6, 6.07) is 20.2. The first-order chi connectivity index (χ1) is 13.9. The molecule has 0 aromatic heterocycles. The van der Waals surface area contributed by atoms with E-state index in [9.17, 15) is 9.59 Å². The van der Waals surface area contributed by atoms with Crippen LogP contribution in [0.25, 0.3) is 0 Å². The van der Waals surface area contributed by atoms with Gasteiger partial charge in [0.1, 0.15) is 5.75 Å². The topological polar surface area (TPSA) is 67.4 Å². The minimum absolute atomic E-state index is 0.257. The summed E-state index contributed by atoms with van der Waals surface area (Å²) >= 11 is 11.7. The van der Waals surface area contributed by atoms with Crippen molar-refractivity contribution in [2.45, 2.75) is 13.0 Å². The van der Waals surface area contributed by atoms with Gasteiger partial charge in [0, 0.05) is 27.0 Å². The molecular formula is C22H18Cl2N2O3. The molecule has 0 bridgehead atoms. The summed E-state index contributed by atoms with van der Waals surface area (Å²) < 4.78 is 5.65. The summed E-state index contributed by atoms with van der Waals surface area (Å²) in [7, 11) is 0. The predicted octanol–water partition coefficient (Wildman–Crippen LogP) is 5.65. The van der Waals surface area contributed by atoms with E-state index in [0.717, 1.165) is 0 Å². The molecule has 148 valence electrons. The first-order valence-corrected chi connectivity index (χ1v) is 9.56. The standard InChI is InChI=1S/C22H18Cl2N2O3/c1-14(21(27)25-18-8-4-16(23)5-9-18)29-20-12-2-15(3-13-20)22(28)26-19-10-6-17(24)7-11-19/h2-14H,1H3,(H,25,27)(H,26,28)/t14-/m0/s1. The molecule has 0 aliphatic rings. The number of amides is 2. The molecule has 0 saturated heterocycles. The third kappa shape index (κ3) is 5.98. The Morgan fingerprint density at radius 3 is 1.76 bits per heavy atom. The highest BCUT2D eigenvalue weighted by atomic mass is 35.5. The second-order valence-electron chi connectivity index (χ2n) is 6.24. The number of halogens is 2. The second-order valence-corrected chi connectivity index (χ2v) is 7.11. The lowest BCUT2D eigenvalue weighted by Crippen LogP contribution is -2.30. The Morgan fingerprint density at radius 1 is 0.759 bits per heavy atom. The maximum absolute atomic E-state index is 12.3. The van der Waals surface area contributed by atoms with Crippen molar-refractivity contribution in [1.82, 2.24) is 0 Å². The first-order valence-electron chi connectivity index (χ1n) is 8.81. The molecule has 3 aromatic rings. The molecule has 1 atom stereocenters. The van der Waals surface area contributed by atoms with Gasteiger partial charge in [0.2, 0.25) is 0 Å². The van der Waals surface area contributed by atoms with Crippen LogP contribution in [-0.2, 0) is 4.79 Å². The van der Waals surface area contributed by atoms with Crippen LogP contribution < -0.4 is 15.4 Å². The minimum atomic E-state index is -0.723. The van der Waals surface area contributed by atoms with Crippen molar-refractivity contribution >= 4 is 46.4 Å². The molecule has 29 heavy (non-hydrogen) atoms. The number of hydrogen-bond donors (Lipinski definition) is 2. The van der Waals surface area contributed by atoms with E-state index in [-0.39, 0.29) is 11.8 Å². The van der Waals surface area contributed by atoms with Crippen molar-refractivity contribution in [2.24, 2.45) is 0 Å². The third-order valence-electron chi connectivity index (χ3n) is 4.01. The Labute approximate surface area is 178 Å². The summed E-state index contributed by atoms with van der Waals surface area (Å²) in [5.74, 6) is -0.0731. The smallest absolute Gasteiger partial charge is 0.265 e. The first kappa shape index (κ1) is 20.7. The number of ether oxygens (including phenoxy) is 1. The molecule has 0 aliphatic heterocycles. The van der Waals surface area contributed by atoms with Crippen LogP contribution >= 0.6 is 23.2 Å². The van der Waals surface area contributed by atoms with Crippen LogP contribution in [0.3, 0.4) is 0 Å². The Bertz CT molecular complexity index is 988. The summed E-state index contributed by atoms with van der Waals surface area (Å²) in [6.45, 7) is 1.65. The van der Waals surface area contributed by atoms with Gasteiger partial charge in [0.05, 0.1) is 0 Å². The van der Waals surface area contributed by atoms with E-state index in [1.807, 2.05) is 0 Å². The molecule has 2 N–H and O–H groups in total. The molecular weight excluding hydrogens is 411 g/mol. The number of rotatable bonds is 6. The molecule has 0 radical (unpaired) electrons.